The molecule has 17 heavy (non-hydrogen) atoms. The SMILES string of the molecule is CCc1ccc(CN[C@H](C(=O)OC)C(C)C)s1. The number of nitrogens with one attached hydrogen (secondary N) is 1. The van der Waals surface area contributed by atoms with Crippen molar-refractivity contribution in [2.75, 3.05) is 7.11 Å². The molecule has 1 N–H and O–H groups in total. The van der Waals surface area contributed by atoms with E-state index in [2.05, 4.69) is 24.4 Å². The van der Waals surface area contributed by atoms with E-state index >= 15 is 0 Å². The molecule has 1 aromatic heterocycles. The summed E-state index contributed by atoms with van der Waals surface area (Å²) in [5, 5.41) is 3.26. The Hall–Kier alpha value is -0.870. The Kier molecular flexibility index (Phi) is 5.65. The fraction of sp³-hybridized carbons (Fsp3) is 0.615. The summed E-state index contributed by atoms with van der Waals surface area (Å²) in [5.41, 5.74) is 0. The van der Waals surface area contributed by atoms with Crippen LogP contribution in [0.3, 0.4) is 0 Å². The lowest BCUT2D eigenvalue weighted by atomic mass is 10.0. The van der Waals surface area contributed by atoms with Gasteiger partial charge in [-0.2, -0.15) is 0 Å². The molecule has 1 rings (SSSR count). The molecule has 0 amide bonds. The second-order valence-electron chi connectivity index (χ2n) is 4.35. The van der Waals surface area contributed by atoms with Crippen molar-refractivity contribution in [2.24, 2.45) is 5.92 Å². The van der Waals surface area contributed by atoms with Crippen molar-refractivity contribution in [3.63, 3.8) is 0 Å². The van der Waals surface area contributed by atoms with Crippen LogP contribution in [-0.4, -0.2) is 19.1 Å². The Balaban J connectivity index is 2.54. The average molecular weight is 255 g/mol. The first-order valence-electron chi connectivity index (χ1n) is 5.97. The Labute approximate surface area is 107 Å². The molecule has 0 saturated carbocycles. The lowest BCUT2D eigenvalue weighted by molar-refractivity contribution is -0.144. The van der Waals surface area contributed by atoms with E-state index in [0.717, 1.165) is 13.0 Å². The van der Waals surface area contributed by atoms with Crippen molar-refractivity contribution >= 4 is 17.3 Å². The van der Waals surface area contributed by atoms with Gasteiger partial charge in [-0.25, -0.2) is 0 Å². The summed E-state index contributed by atoms with van der Waals surface area (Å²) in [6.07, 6.45) is 1.06. The molecule has 0 spiro atoms. The van der Waals surface area contributed by atoms with Gasteiger partial charge in [-0.05, 0) is 24.5 Å². The van der Waals surface area contributed by atoms with E-state index in [-0.39, 0.29) is 17.9 Å². The molecule has 1 atom stereocenters. The number of hydrogen-bond donors (Lipinski definition) is 1. The third kappa shape index (κ3) is 4.13. The van der Waals surface area contributed by atoms with Crippen LogP contribution < -0.4 is 5.32 Å². The molecule has 1 aromatic rings. The molecule has 0 saturated heterocycles. The highest BCUT2D eigenvalue weighted by atomic mass is 32.1. The number of aryl methyl sites for hydroxylation is 1. The van der Waals surface area contributed by atoms with Gasteiger partial charge < -0.3 is 4.74 Å². The zero-order chi connectivity index (χ0) is 12.8. The fourth-order valence-electron chi connectivity index (χ4n) is 1.64. The van der Waals surface area contributed by atoms with Crippen LogP contribution in [0.5, 0.6) is 0 Å². The first kappa shape index (κ1) is 14.2. The molecule has 0 aromatic carbocycles. The molecule has 1 heterocycles. The van der Waals surface area contributed by atoms with Gasteiger partial charge in [-0.15, -0.1) is 11.3 Å². The maximum atomic E-state index is 11.6. The van der Waals surface area contributed by atoms with E-state index in [1.807, 2.05) is 13.8 Å². The smallest absolute Gasteiger partial charge is 0.323 e. The third-order valence-electron chi connectivity index (χ3n) is 2.68. The Morgan fingerprint density at radius 2 is 2.06 bits per heavy atom. The number of ether oxygens (including phenoxy) is 1. The Bertz CT molecular complexity index is 360. The number of methoxy groups -OCH3 is 1. The maximum absolute atomic E-state index is 11.6. The Morgan fingerprint density at radius 3 is 2.53 bits per heavy atom. The molecule has 0 aliphatic heterocycles. The number of rotatable bonds is 6. The van der Waals surface area contributed by atoms with Gasteiger partial charge in [0.2, 0.25) is 0 Å². The van der Waals surface area contributed by atoms with Crippen LogP contribution in [0.15, 0.2) is 12.1 Å². The molecule has 4 heteroatoms. The number of carbonyl (C=O) groups is 1. The number of hydrogen-bond acceptors (Lipinski definition) is 4. The van der Waals surface area contributed by atoms with Crippen molar-refractivity contribution < 1.29 is 9.53 Å². The largest absolute Gasteiger partial charge is 0.468 e. The summed E-state index contributed by atoms with van der Waals surface area (Å²) in [7, 11) is 1.43. The maximum Gasteiger partial charge on any atom is 0.323 e. The second-order valence-corrected chi connectivity index (χ2v) is 5.60. The minimum Gasteiger partial charge on any atom is -0.468 e. The highest BCUT2D eigenvalue weighted by molar-refractivity contribution is 7.11. The van der Waals surface area contributed by atoms with Gasteiger partial charge in [0.25, 0.3) is 0 Å². The molecule has 3 nitrogen and oxygen atoms in total. The zero-order valence-corrected chi connectivity index (χ0v) is 11.8. The summed E-state index contributed by atoms with van der Waals surface area (Å²) in [4.78, 5) is 14.2. The Morgan fingerprint density at radius 1 is 1.41 bits per heavy atom. The van der Waals surface area contributed by atoms with Crippen molar-refractivity contribution in [1.29, 1.82) is 0 Å². The minimum atomic E-state index is -0.229. The molecule has 0 unspecified atom stereocenters. The van der Waals surface area contributed by atoms with Crippen LogP contribution >= 0.6 is 11.3 Å². The van der Waals surface area contributed by atoms with Gasteiger partial charge >= 0.3 is 5.97 Å². The van der Waals surface area contributed by atoms with Crippen LogP contribution in [0, 0.1) is 5.92 Å². The average Bonchev–Trinajstić information content (AvgIpc) is 2.76. The van der Waals surface area contributed by atoms with Gasteiger partial charge in [0, 0.05) is 16.3 Å². The van der Waals surface area contributed by atoms with E-state index < -0.39 is 0 Å². The summed E-state index contributed by atoms with van der Waals surface area (Å²) in [6.45, 7) is 6.90. The van der Waals surface area contributed by atoms with Gasteiger partial charge in [0.05, 0.1) is 7.11 Å². The van der Waals surface area contributed by atoms with Crippen molar-refractivity contribution in [2.45, 2.75) is 39.8 Å². The number of carbonyl (C=O) groups excluding carboxylic acids is 1. The quantitative estimate of drug-likeness (QED) is 0.794. The van der Waals surface area contributed by atoms with Crippen LogP contribution in [0.2, 0.25) is 0 Å². The molecule has 96 valence electrons. The van der Waals surface area contributed by atoms with E-state index in [1.165, 1.54) is 16.9 Å². The fourth-order valence-corrected chi connectivity index (χ4v) is 2.54. The zero-order valence-electron chi connectivity index (χ0n) is 10.9. The molecule has 0 radical (unpaired) electrons. The molecular formula is C13H21NO2S. The topological polar surface area (TPSA) is 38.3 Å². The van der Waals surface area contributed by atoms with E-state index in [4.69, 9.17) is 4.74 Å². The van der Waals surface area contributed by atoms with Gasteiger partial charge in [0.15, 0.2) is 0 Å². The lowest BCUT2D eigenvalue weighted by Gasteiger charge is -2.19. The second kappa shape index (κ2) is 6.77. The van der Waals surface area contributed by atoms with E-state index in [1.54, 1.807) is 11.3 Å². The van der Waals surface area contributed by atoms with Gasteiger partial charge in [0.1, 0.15) is 6.04 Å². The summed E-state index contributed by atoms with van der Waals surface area (Å²) < 4.78 is 4.79. The lowest BCUT2D eigenvalue weighted by Crippen LogP contribution is -2.41. The van der Waals surface area contributed by atoms with Gasteiger partial charge in [-0.3, -0.25) is 10.1 Å². The number of esters is 1. The van der Waals surface area contributed by atoms with Crippen LogP contribution in [-0.2, 0) is 22.5 Å². The molecule has 0 fully saturated rings. The van der Waals surface area contributed by atoms with Crippen LogP contribution in [0.1, 0.15) is 30.5 Å². The summed E-state index contributed by atoms with van der Waals surface area (Å²) in [5.74, 6) is 0.0420. The highest BCUT2D eigenvalue weighted by Gasteiger charge is 2.22. The first-order chi connectivity index (χ1) is 8.08. The normalized spacial score (nSPS) is 12.8. The highest BCUT2D eigenvalue weighted by Crippen LogP contribution is 2.17. The van der Waals surface area contributed by atoms with E-state index in [0.29, 0.717) is 0 Å². The molecular weight excluding hydrogens is 234 g/mol. The predicted octanol–water partition coefficient (Wildman–Crippen LogP) is 2.60. The first-order valence-corrected chi connectivity index (χ1v) is 6.79. The van der Waals surface area contributed by atoms with Crippen molar-refractivity contribution in [3.05, 3.63) is 21.9 Å². The third-order valence-corrected chi connectivity index (χ3v) is 3.91. The van der Waals surface area contributed by atoms with Crippen molar-refractivity contribution in [3.8, 4) is 0 Å². The minimum absolute atomic E-state index is 0.188. The number of thiophene rings is 1. The van der Waals surface area contributed by atoms with Crippen LogP contribution in [0.4, 0.5) is 0 Å². The predicted molar refractivity (Wildman–Crippen MR) is 71.2 cm³/mol. The molecule has 0 aliphatic carbocycles. The van der Waals surface area contributed by atoms with Gasteiger partial charge in [-0.1, -0.05) is 20.8 Å². The monoisotopic (exact) mass is 255 g/mol. The molecule has 0 aliphatic rings. The molecule has 0 bridgehead atoms. The van der Waals surface area contributed by atoms with Crippen LogP contribution in [0.25, 0.3) is 0 Å². The van der Waals surface area contributed by atoms with Crippen molar-refractivity contribution in [1.82, 2.24) is 5.32 Å². The van der Waals surface area contributed by atoms with E-state index in [9.17, 15) is 4.79 Å². The standard InChI is InChI=1S/C13H21NO2S/c1-5-10-6-7-11(17-10)8-14-12(9(2)3)13(15)16-4/h6-7,9,12,14H,5,8H2,1-4H3/t12-/m0/s1. The summed E-state index contributed by atoms with van der Waals surface area (Å²) >= 11 is 1.79. The summed E-state index contributed by atoms with van der Waals surface area (Å²) in [6, 6.07) is 4.03.